The summed E-state index contributed by atoms with van der Waals surface area (Å²) in [7, 11) is 0. The molecule has 1 aromatic carbocycles. The van der Waals surface area contributed by atoms with E-state index in [1.165, 1.54) is 0 Å². The quantitative estimate of drug-likeness (QED) is 0.839. The maximum absolute atomic E-state index is 6.26. The van der Waals surface area contributed by atoms with Gasteiger partial charge in [-0.25, -0.2) is 0 Å². The Morgan fingerprint density at radius 1 is 0.920 bits per heavy atom. The van der Waals surface area contributed by atoms with Crippen molar-refractivity contribution in [1.82, 2.24) is 0 Å². The molecule has 0 N–H and O–H groups in total. The van der Waals surface area contributed by atoms with Crippen LogP contribution in [0.1, 0.15) is 39.7 Å². The Kier molecular flexibility index (Phi) is 4.41. The van der Waals surface area contributed by atoms with Crippen LogP contribution in [0.4, 0.5) is 0 Å². The summed E-state index contributed by atoms with van der Waals surface area (Å²) in [5.41, 5.74) is 1.16. The van der Waals surface area contributed by atoms with Gasteiger partial charge < -0.3 is 23.7 Å². The molecule has 1 aliphatic carbocycles. The highest BCUT2D eigenvalue weighted by molar-refractivity contribution is 5.13. The molecule has 0 unspecified atom stereocenters. The van der Waals surface area contributed by atoms with Gasteiger partial charge in [0, 0.05) is 5.92 Å². The molecule has 1 aromatic rings. The summed E-state index contributed by atoms with van der Waals surface area (Å²) in [6, 6.07) is 10.2. The monoisotopic (exact) mass is 348 g/mol. The number of rotatable bonds is 3. The highest BCUT2D eigenvalue weighted by atomic mass is 16.8. The predicted octanol–water partition coefficient (Wildman–Crippen LogP) is 3.26. The van der Waals surface area contributed by atoms with E-state index >= 15 is 0 Å². The summed E-state index contributed by atoms with van der Waals surface area (Å²) < 4.78 is 30.8. The van der Waals surface area contributed by atoms with Gasteiger partial charge in [-0.15, -0.1) is 0 Å². The maximum atomic E-state index is 6.26. The van der Waals surface area contributed by atoms with Crippen LogP contribution >= 0.6 is 0 Å². The molecule has 0 amide bonds. The molecule has 1 saturated carbocycles. The zero-order valence-corrected chi connectivity index (χ0v) is 15.4. The van der Waals surface area contributed by atoms with Crippen molar-refractivity contribution in [3.05, 3.63) is 35.9 Å². The van der Waals surface area contributed by atoms with E-state index < -0.39 is 11.6 Å². The lowest BCUT2D eigenvalue weighted by molar-refractivity contribution is -0.324. The highest BCUT2D eigenvalue weighted by Gasteiger charge is 2.57. The van der Waals surface area contributed by atoms with Crippen LogP contribution in [0.2, 0.25) is 0 Å². The first kappa shape index (κ1) is 17.4. The van der Waals surface area contributed by atoms with Crippen LogP contribution in [0.5, 0.6) is 0 Å². The van der Waals surface area contributed by atoms with Crippen LogP contribution in [-0.2, 0) is 30.3 Å². The van der Waals surface area contributed by atoms with Gasteiger partial charge in [-0.05, 0) is 39.7 Å². The van der Waals surface area contributed by atoms with Crippen molar-refractivity contribution in [2.24, 2.45) is 5.92 Å². The molecule has 5 nitrogen and oxygen atoms in total. The number of hydrogen-bond acceptors (Lipinski definition) is 5. The summed E-state index contributed by atoms with van der Waals surface area (Å²) in [5.74, 6) is -0.947. The largest absolute Gasteiger partial charge is 0.371 e. The van der Waals surface area contributed by atoms with Crippen LogP contribution in [0.15, 0.2) is 30.3 Å². The number of ether oxygens (including phenoxy) is 5. The molecule has 5 heteroatoms. The molecule has 3 aliphatic rings. The Bertz CT molecular complexity index is 599. The molecule has 0 radical (unpaired) electrons. The minimum Gasteiger partial charge on any atom is -0.371 e. The molecule has 0 aromatic heterocycles. The van der Waals surface area contributed by atoms with E-state index in [2.05, 4.69) is 12.1 Å². The van der Waals surface area contributed by atoms with Crippen LogP contribution in [0, 0.1) is 5.92 Å². The van der Waals surface area contributed by atoms with Crippen molar-refractivity contribution in [2.75, 3.05) is 6.61 Å². The number of fused-ring (bicyclic) bond motifs is 3. The standard InChI is InChI=1S/C20H28O5/c1-19(2)22-12-14-10-15(21-11-13-8-6-5-7-9-13)17-18(16(14)23-19)25-20(3,4)24-17/h5-9,14-18H,10-12H2,1-4H3/t14-,15+,16+,17+,18-/m0/s1. The van der Waals surface area contributed by atoms with E-state index in [1.807, 2.05) is 45.9 Å². The molecule has 0 bridgehead atoms. The molecule has 0 spiro atoms. The minimum absolute atomic E-state index is 0.0212. The summed E-state index contributed by atoms with van der Waals surface area (Å²) in [6.45, 7) is 9.06. The van der Waals surface area contributed by atoms with E-state index in [1.54, 1.807) is 0 Å². The lowest BCUT2D eigenvalue weighted by atomic mass is 9.80. The third kappa shape index (κ3) is 3.62. The van der Waals surface area contributed by atoms with Crippen molar-refractivity contribution >= 4 is 0 Å². The smallest absolute Gasteiger partial charge is 0.164 e. The Labute approximate surface area is 149 Å². The van der Waals surface area contributed by atoms with Gasteiger partial charge in [0.05, 0.1) is 25.4 Å². The average molecular weight is 348 g/mol. The second kappa shape index (κ2) is 6.32. The van der Waals surface area contributed by atoms with Gasteiger partial charge in [-0.1, -0.05) is 30.3 Å². The molecule has 2 heterocycles. The second-order valence-corrected chi connectivity index (χ2v) is 8.19. The van der Waals surface area contributed by atoms with E-state index in [0.29, 0.717) is 13.2 Å². The van der Waals surface area contributed by atoms with Gasteiger partial charge in [0.15, 0.2) is 11.6 Å². The lowest BCUT2D eigenvalue weighted by Crippen LogP contribution is -2.60. The average Bonchev–Trinajstić information content (AvgIpc) is 2.89. The Balaban J connectivity index is 1.51. The first-order chi connectivity index (χ1) is 11.8. The van der Waals surface area contributed by atoms with Gasteiger partial charge in [0.2, 0.25) is 0 Å². The van der Waals surface area contributed by atoms with Gasteiger partial charge in [-0.3, -0.25) is 0 Å². The Hall–Kier alpha value is -0.980. The number of benzene rings is 1. The zero-order chi connectivity index (χ0) is 17.7. The fourth-order valence-corrected chi connectivity index (χ4v) is 4.13. The van der Waals surface area contributed by atoms with Crippen LogP contribution in [0.25, 0.3) is 0 Å². The van der Waals surface area contributed by atoms with Crippen LogP contribution < -0.4 is 0 Å². The molecular weight excluding hydrogens is 320 g/mol. The summed E-state index contributed by atoms with van der Waals surface area (Å²) in [5, 5.41) is 0. The minimum atomic E-state index is -0.621. The Morgan fingerprint density at radius 2 is 1.60 bits per heavy atom. The Morgan fingerprint density at radius 3 is 2.36 bits per heavy atom. The van der Waals surface area contributed by atoms with Crippen molar-refractivity contribution in [3.63, 3.8) is 0 Å². The second-order valence-electron chi connectivity index (χ2n) is 8.19. The van der Waals surface area contributed by atoms with E-state index in [-0.39, 0.29) is 30.3 Å². The molecule has 138 valence electrons. The van der Waals surface area contributed by atoms with E-state index in [0.717, 1.165) is 12.0 Å². The SMILES string of the molecule is CC1(C)OC[C@@H]2C[C@@H](OCc3ccccc3)[C@H]3OC(C)(C)O[C@H]3[C@@H]2O1. The predicted molar refractivity (Wildman–Crippen MR) is 91.9 cm³/mol. The van der Waals surface area contributed by atoms with E-state index in [9.17, 15) is 0 Å². The molecular formula is C20H28O5. The van der Waals surface area contributed by atoms with Crippen molar-refractivity contribution in [1.29, 1.82) is 0 Å². The van der Waals surface area contributed by atoms with Crippen molar-refractivity contribution in [3.8, 4) is 0 Å². The molecule has 3 fully saturated rings. The van der Waals surface area contributed by atoms with Gasteiger partial charge in [-0.2, -0.15) is 0 Å². The first-order valence-electron chi connectivity index (χ1n) is 9.16. The molecule has 2 saturated heterocycles. The van der Waals surface area contributed by atoms with Crippen LogP contribution in [0.3, 0.4) is 0 Å². The fourth-order valence-electron chi connectivity index (χ4n) is 4.13. The maximum Gasteiger partial charge on any atom is 0.164 e. The van der Waals surface area contributed by atoms with Gasteiger partial charge >= 0.3 is 0 Å². The van der Waals surface area contributed by atoms with Crippen molar-refractivity contribution < 1.29 is 23.7 Å². The topological polar surface area (TPSA) is 46.2 Å². The molecule has 25 heavy (non-hydrogen) atoms. The van der Waals surface area contributed by atoms with Crippen LogP contribution in [-0.4, -0.2) is 42.6 Å². The summed E-state index contributed by atoms with van der Waals surface area (Å²) in [4.78, 5) is 0. The fraction of sp³-hybridized carbons (Fsp3) is 0.700. The number of hydrogen-bond donors (Lipinski definition) is 0. The first-order valence-corrected chi connectivity index (χ1v) is 9.16. The summed E-state index contributed by atoms with van der Waals surface area (Å²) in [6.07, 6.45) is 0.564. The zero-order valence-electron chi connectivity index (χ0n) is 15.4. The summed E-state index contributed by atoms with van der Waals surface area (Å²) >= 11 is 0. The van der Waals surface area contributed by atoms with E-state index in [4.69, 9.17) is 23.7 Å². The van der Waals surface area contributed by atoms with Gasteiger partial charge in [0.1, 0.15) is 12.2 Å². The third-order valence-corrected chi connectivity index (χ3v) is 5.23. The molecule has 2 aliphatic heterocycles. The molecule has 5 atom stereocenters. The molecule has 4 rings (SSSR count). The lowest BCUT2D eigenvalue weighted by Gasteiger charge is -2.48. The van der Waals surface area contributed by atoms with Crippen molar-refractivity contribution in [2.45, 2.75) is 76.7 Å². The third-order valence-electron chi connectivity index (χ3n) is 5.23. The normalized spacial score (nSPS) is 38.8. The van der Waals surface area contributed by atoms with Gasteiger partial charge in [0.25, 0.3) is 0 Å². The highest BCUT2D eigenvalue weighted by Crippen LogP contribution is 2.45.